The van der Waals surface area contributed by atoms with E-state index in [4.69, 9.17) is 14.2 Å². The van der Waals surface area contributed by atoms with E-state index in [2.05, 4.69) is 33.8 Å². The Labute approximate surface area is 162 Å². The van der Waals surface area contributed by atoms with E-state index in [1.54, 1.807) is 26.4 Å². The molecule has 0 aliphatic heterocycles. The zero-order chi connectivity index (χ0) is 20.0. The van der Waals surface area contributed by atoms with Crippen LogP contribution in [0.3, 0.4) is 0 Å². The van der Waals surface area contributed by atoms with Crippen molar-refractivity contribution >= 4 is 0 Å². The average Bonchev–Trinajstić information content (AvgIpc) is 2.64. The molecule has 2 rings (SSSR count). The second kappa shape index (κ2) is 9.34. The minimum absolute atomic E-state index is 0.163. The highest BCUT2D eigenvalue weighted by atomic mass is 19.1. The summed E-state index contributed by atoms with van der Waals surface area (Å²) in [5.74, 6) is 0.357. The fraction of sp³-hybridized carbons (Fsp3) is 0.478. The van der Waals surface area contributed by atoms with E-state index in [1.165, 1.54) is 11.6 Å². The maximum absolute atomic E-state index is 14.7. The molecule has 3 nitrogen and oxygen atoms in total. The molecule has 0 radical (unpaired) electrons. The molecule has 0 aliphatic carbocycles. The van der Waals surface area contributed by atoms with Crippen LogP contribution in [-0.2, 0) is 15.9 Å². The smallest absolute Gasteiger partial charge is 0.131 e. The lowest BCUT2D eigenvalue weighted by Gasteiger charge is -2.33. The predicted molar refractivity (Wildman–Crippen MR) is 108 cm³/mol. The molecule has 2 aromatic carbocycles. The molecule has 0 bridgehead atoms. The molecule has 0 aliphatic rings. The molecule has 148 valence electrons. The van der Waals surface area contributed by atoms with E-state index >= 15 is 0 Å². The fourth-order valence-electron chi connectivity index (χ4n) is 3.19. The predicted octanol–water partition coefficient (Wildman–Crippen LogP) is 5.81. The van der Waals surface area contributed by atoms with Crippen molar-refractivity contribution in [2.45, 2.75) is 40.2 Å². The summed E-state index contributed by atoms with van der Waals surface area (Å²) < 4.78 is 31.4. The average molecular weight is 374 g/mol. The molecule has 0 spiro atoms. The summed E-state index contributed by atoms with van der Waals surface area (Å²) >= 11 is 0. The van der Waals surface area contributed by atoms with Crippen LogP contribution in [0.2, 0.25) is 0 Å². The van der Waals surface area contributed by atoms with Crippen LogP contribution in [0.5, 0.6) is 5.75 Å². The lowest BCUT2D eigenvalue weighted by Crippen LogP contribution is -2.24. The molecule has 0 saturated carbocycles. The van der Waals surface area contributed by atoms with Gasteiger partial charge in [-0.05, 0) is 46.7 Å². The molecule has 0 saturated heterocycles. The minimum Gasteiger partial charge on any atom is -0.497 e. The first-order valence-electron chi connectivity index (χ1n) is 9.39. The molecule has 0 amide bonds. The summed E-state index contributed by atoms with van der Waals surface area (Å²) in [7, 11) is 3.24. The van der Waals surface area contributed by atoms with E-state index in [1.807, 2.05) is 12.1 Å². The van der Waals surface area contributed by atoms with Gasteiger partial charge in [0.15, 0.2) is 0 Å². The van der Waals surface area contributed by atoms with Gasteiger partial charge in [-0.25, -0.2) is 4.39 Å². The normalized spacial score (nSPS) is 12.9. The van der Waals surface area contributed by atoms with Gasteiger partial charge >= 0.3 is 0 Å². The lowest BCUT2D eigenvalue weighted by molar-refractivity contribution is -0.0390. The number of halogens is 1. The molecular formula is C23H31FO3. The number of aryl methyl sites for hydroxylation is 1. The molecule has 0 N–H and O–H groups in total. The number of hydrogen-bond donors (Lipinski definition) is 0. The topological polar surface area (TPSA) is 27.7 Å². The van der Waals surface area contributed by atoms with E-state index in [-0.39, 0.29) is 17.3 Å². The van der Waals surface area contributed by atoms with Crippen LogP contribution < -0.4 is 4.74 Å². The summed E-state index contributed by atoms with van der Waals surface area (Å²) in [6.45, 7) is 9.51. The SMILES string of the molecule is CCc1ccc(-c2cc(OC)ccc2F)c([C@H](OCCOC)C(C)(C)C)c1. The van der Waals surface area contributed by atoms with Crippen LogP contribution >= 0.6 is 0 Å². The first kappa shape index (κ1) is 21.4. The van der Waals surface area contributed by atoms with Gasteiger partial charge in [0, 0.05) is 12.7 Å². The maximum atomic E-state index is 14.7. The van der Waals surface area contributed by atoms with Crippen molar-refractivity contribution in [2.75, 3.05) is 27.4 Å². The number of methoxy groups -OCH3 is 2. The Hall–Kier alpha value is -1.91. The molecular weight excluding hydrogens is 343 g/mol. The van der Waals surface area contributed by atoms with Crippen LogP contribution in [0, 0.1) is 11.2 Å². The molecule has 0 unspecified atom stereocenters. The molecule has 4 heteroatoms. The molecule has 0 fully saturated rings. The van der Waals surface area contributed by atoms with Gasteiger partial charge in [0.2, 0.25) is 0 Å². The summed E-state index contributed by atoms with van der Waals surface area (Å²) in [6, 6.07) is 11.0. The summed E-state index contributed by atoms with van der Waals surface area (Å²) in [5, 5.41) is 0. The van der Waals surface area contributed by atoms with E-state index in [0.717, 1.165) is 17.5 Å². The van der Waals surface area contributed by atoms with Crippen LogP contribution in [0.15, 0.2) is 36.4 Å². The van der Waals surface area contributed by atoms with Gasteiger partial charge in [0.05, 0.1) is 26.4 Å². The minimum atomic E-state index is -0.272. The van der Waals surface area contributed by atoms with Crippen LogP contribution in [0.25, 0.3) is 11.1 Å². The van der Waals surface area contributed by atoms with Gasteiger partial charge in [0.1, 0.15) is 11.6 Å². The fourth-order valence-corrected chi connectivity index (χ4v) is 3.19. The van der Waals surface area contributed by atoms with Crippen LogP contribution in [-0.4, -0.2) is 27.4 Å². The summed E-state index contributed by atoms with van der Waals surface area (Å²) in [6.07, 6.45) is 0.711. The van der Waals surface area contributed by atoms with Crippen molar-refractivity contribution in [1.29, 1.82) is 0 Å². The molecule has 0 heterocycles. The molecule has 2 aromatic rings. The van der Waals surface area contributed by atoms with Crippen LogP contribution in [0.4, 0.5) is 4.39 Å². The molecule has 1 atom stereocenters. The third-order valence-corrected chi connectivity index (χ3v) is 4.63. The highest BCUT2D eigenvalue weighted by molar-refractivity contribution is 5.70. The summed E-state index contributed by atoms with van der Waals surface area (Å²) in [4.78, 5) is 0. The first-order chi connectivity index (χ1) is 12.8. The van der Waals surface area contributed by atoms with E-state index < -0.39 is 0 Å². The van der Waals surface area contributed by atoms with Gasteiger partial charge in [-0.15, -0.1) is 0 Å². The van der Waals surface area contributed by atoms with E-state index in [0.29, 0.717) is 24.5 Å². The van der Waals surface area contributed by atoms with Gasteiger partial charge in [-0.1, -0.05) is 45.9 Å². The third-order valence-electron chi connectivity index (χ3n) is 4.63. The van der Waals surface area contributed by atoms with Gasteiger partial charge < -0.3 is 14.2 Å². The summed E-state index contributed by atoms with van der Waals surface area (Å²) in [5.41, 5.74) is 3.38. The Bertz CT molecular complexity index is 750. The second-order valence-corrected chi connectivity index (χ2v) is 7.73. The van der Waals surface area contributed by atoms with Crippen molar-refractivity contribution in [1.82, 2.24) is 0 Å². The highest BCUT2D eigenvalue weighted by Crippen LogP contribution is 2.42. The second-order valence-electron chi connectivity index (χ2n) is 7.73. The van der Waals surface area contributed by atoms with Gasteiger partial charge in [0.25, 0.3) is 0 Å². The first-order valence-corrected chi connectivity index (χ1v) is 9.39. The number of ether oxygens (including phenoxy) is 3. The maximum Gasteiger partial charge on any atom is 0.131 e. The Morgan fingerprint density at radius 2 is 1.70 bits per heavy atom. The van der Waals surface area contributed by atoms with Crippen molar-refractivity contribution in [3.63, 3.8) is 0 Å². The third kappa shape index (κ3) is 5.30. The molecule has 27 heavy (non-hydrogen) atoms. The lowest BCUT2D eigenvalue weighted by atomic mass is 9.80. The standard InChI is InChI=1S/C23H31FO3/c1-7-16-8-10-18(19-15-17(26-6)9-11-21(19)24)20(14-16)22(23(2,3)4)27-13-12-25-5/h8-11,14-15,22H,7,12-13H2,1-6H3/t22-/m0/s1. The zero-order valence-corrected chi connectivity index (χ0v) is 17.3. The van der Waals surface area contributed by atoms with Gasteiger partial charge in [-0.3, -0.25) is 0 Å². The highest BCUT2D eigenvalue weighted by Gasteiger charge is 2.30. The van der Waals surface area contributed by atoms with Crippen molar-refractivity contribution in [2.24, 2.45) is 5.41 Å². The Morgan fingerprint density at radius 3 is 2.30 bits per heavy atom. The zero-order valence-electron chi connectivity index (χ0n) is 17.3. The largest absolute Gasteiger partial charge is 0.497 e. The Kier molecular flexibility index (Phi) is 7.40. The number of rotatable bonds is 8. The van der Waals surface area contributed by atoms with Crippen molar-refractivity contribution in [3.8, 4) is 16.9 Å². The quantitative estimate of drug-likeness (QED) is 0.545. The Morgan fingerprint density at radius 1 is 0.963 bits per heavy atom. The number of benzene rings is 2. The van der Waals surface area contributed by atoms with Crippen LogP contribution in [0.1, 0.15) is 44.9 Å². The Balaban J connectivity index is 2.62. The van der Waals surface area contributed by atoms with E-state index in [9.17, 15) is 4.39 Å². The van der Waals surface area contributed by atoms with Crippen molar-refractivity contribution < 1.29 is 18.6 Å². The monoisotopic (exact) mass is 374 g/mol. The van der Waals surface area contributed by atoms with Crippen molar-refractivity contribution in [3.05, 3.63) is 53.3 Å². The molecule has 0 aromatic heterocycles. The van der Waals surface area contributed by atoms with Gasteiger partial charge in [-0.2, -0.15) is 0 Å². The number of hydrogen-bond acceptors (Lipinski definition) is 3.